The fourth-order valence-corrected chi connectivity index (χ4v) is 2.26. The molecule has 0 aliphatic carbocycles. The Labute approximate surface area is 136 Å². The summed E-state index contributed by atoms with van der Waals surface area (Å²) < 4.78 is 37.9. The van der Waals surface area contributed by atoms with E-state index in [0.29, 0.717) is 22.9 Å². The number of halogens is 2. The van der Waals surface area contributed by atoms with E-state index in [1.807, 2.05) is 12.1 Å². The molecule has 3 aromatic rings. The van der Waals surface area contributed by atoms with Crippen LogP contribution < -0.4 is 9.47 Å². The Balaban J connectivity index is 1.61. The molecule has 0 fully saturated rings. The molecule has 0 unspecified atom stereocenters. The molecule has 2 heterocycles. The third kappa shape index (κ3) is 2.69. The van der Waals surface area contributed by atoms with Crippen molar-refractivity contribution in [3.05, 3.63) is 71.4 Å². The molecule has 2 aromatic carbocycles. The Morgan fingerprint density at radius 3 is 2.38 bits per heavy atom. The molecule has 24 heavy (non-hydrogen) atoms. The average molecular weight is 324 g/mol. The first-order valence-corrected chi connectivity index (χ1v) is 7.15. The molecule has 4 rings (SSSR count). The SMILES string of the molecule is Fc1ccc(/C=C/c2cc3c(nn2)Oc2ccccc2O3)c(F)c1. The lowest BCUT2D eigenvalue weighted by molar-refractivity contribution is 0.343. The van der Waals surface area contributed by atoms with E-state index in [1.54, 1.807) is 24.3 Å². The van der Waals surface area contributed by atoms with E-state index in [1.165, 1.54) is 18.2 Å². The van der Waals surface area contributed by atoms with Crippen molar-refractivity contribution in [2.24, 2.45) is 0 Å². The van der Waals surface area contributed by atoms with Crippen molar-refractivity contribution in [1.29, 1.82) is 0 Å². The number of ether oxygens (including phenoxy) is 2. The third-order valence-electron chi connectivity index (χ3n) is 3.42. The van der Waals surface area contributed by atoms with Gasteiger partial charge in [-0.3, -0.25) is 0 Å². The molecule has 1 aliphatic rings. The summed E-state index contributed by atoms with van der Waals surface area (Å²) in [6.45, 7) is 0. The number of benzene rings is 2. The molecule has 0 spiro atoms. The summed E-state index contributed by atoms with van der Waals surface area (Å²) in [6.07, 6.45) is 3.05. The van der Waals surface area contributed by atoms with Gasteiger partial charge in [0.25, 0.3) is 5.88 Å². The Bertz CT molecular complexity index is 957. The Morgan fingerprint density at radius 1 is 0.792 bits per heavy atom. The summed E-state index contributed by atoms with van der Waals surface area (Å²) in [7, 11) is 0. The maximum Gasteiger partial charge on any atom is 0.282 e. The minimum Gasteiger partial charge on any atom is -0.448 e. The normalized spacial score (nSPS) is 12.2. The topological polar surface area (TPSA) is 44.2 Å². The predicted octanol–water partition coefficient (Wildman–Crippen LogP) is 4.82. The van der Waals surface area contributed by atoms with Gasteiger partial charge in [-0.1, -0.05) is 12.1 Å². The van der Waals surface area contributed by atoms with Gasteiger partial charge >= 0.3 is 0 Å². The van der Waals surface area contributed by atoms with Crippen LogP contribution in [0.25, 0.3) is 12.2 Å². The van der Waals surface area contributed by atoms with Crippen LogP contribution in [0.15, 0.2) is 48.5 Å². The summed E-state index contributed by atoms with van der Waals surface area (Å²) in [5.41, 5.74) is 0.707. The van der Waals surface area contributed by atoms with E-state index in [2.05, 4.69) is 10.2 Å². The van der Waals surface area contributed by atoms with Crippen LogP contribution in [0, 0.1) is 11.6 Å². The minimum atomic E-state index is -0.648. The molecule has 0 bridgehead atoms. The van der Waals surface area contributed by atoms with Crippen molar-refractivity contribution in [3.63, 3.8) is 0 Å². The first-order valence-electron chi connectivity index (χ1n) is 7.15. The van der Waals surface area contributed by atoms with Crippen LogP contribution in [0.1, 0.15) is 11.3 Å². The highest BCUT2D eigenvalue weighted by Crippen LogP contribution is 2.43. The van der Waals surface area contributed by atoms with E-state index < -0.39 is 11.6 Å². The van der Waals surface area contributed by atoms with Crippen molar-refractivity contribution in [1.82, 2.24) is 10.2 Å². The quantitative estimate of drug-likeness (QED) is 0.530. The zero-order chi connectivity index (χ0) is 16.5. The second-order valence-corrected chi connectivity index (χ2v) is 5.09. The summed E-state index contributed by atoms with van der Waals surface area (Å²) >= 11 is 0. The average Bonchev–Trinajstić information content (AvgIpc) is 2.59. The van der Waals surface area contributed by atoms with Crippen LogP contribution in [-0.2, 0) is 0 Å². The highest BCUT2D eigenvalue weighted by atomic mass is 19.1. The molecule has 0 amide bonds. The van der Waals surface area contributed by atoms with Gasteiger partial charge in [0.2, 0.25) is 0 Å². The van der Waals surface area contributed by atoms with E-state index >= 15 is 0 Å². The van der Waals surface area contributed by atoms with Crippen molar-refractivity contribution in [2.75, 3.05) is 0 Å². The van der Waals surface area contributed by atoms with Crippen LogP contribution in [0.3, 0.4) is 0 Å². The molecular formula is C18H10F2N2O2. The minimum absolute atomic E-state index is 0.249. The van der Waals surface area contributed by atoms with Gasteiger partial charge in [-0.25, -0.2) is 8.78 Å². The van der Waals surface area contributed by atoms with Crippen LogP contribution >= 0.6 is 0 Å². The van der Waals surface area contributed by atoms with Gasteiger partial charge in [-0.2, -0.15) is 0 Å². The molecule has 1 aliphatic heterocycles. The molecule has 0 saturated heterocycles. The number of hydrogen-bond donors (Lipinski definition) is 0. The lowest BCUT2D eigenvalue weighted by Gasteiger charge is -2.18. The first-order chi connectivity index (χ1) is 11.7. The third-order valence-corrected chi connectivity index (χ3v) is 3.42. The Kier molecular flexibility index (Phi) is 3.42. The number of aromatic nitrogens is 2. The molecule has 0 saturated carbocycles. The lowest BCUT2D eigenvalue weighted by atomic mass is 10.2. The standard InChI is InChI=1S/C18H10F2N2O2/c19-12-7-5-11(14(20)9-12)6-8-13-10-17-18(22-21-13)24-16-4-2-1-3-15(16)23-17/h1-10H/b8-6+. The number of hydrogen-bond acceptors (Lipinski definition) is 4. The summed E-state index contributed by atoms with van der Waals surface area (Å²) in [5.74, 6) is 0.559. The van der Waals surface area contributed by atoms with Gasteiger partial charge < -0.3 is 9.47 Å². The zero-order valence-electron chi connectivity index (χ0n) is 12.2. The van der Waals surface area contributed by atoms with Gasteiger partial charge in [0.05, 0.1) is 5.69 Å². The molecule has 118 valence electrons. The Morgan fingerprint density at radius 2 is 1.58 bits per heavy atom. The largest absolute Gasteiger partial charge is 0.448 e. The summed E-state index contributed by atoms with van der Waals surface area (Å²) in [5, 5.41) is 7.95. The zero-order valence-corrected chi connectivity index (χ0v) is 12.2. The van der Waals surface area contributed by atoms with Crippen molar-refractivity contribution >= 4 is 12.2 Å². The molecule has 1 aromatic heterocycles. The highest BCUT2D eigenvalue weighted by Gasteiger charge is 2.20. The van der Waals surface area contributed by atoms with Crippen molar-refractivity contribution in [3.8, 4) is 23.1 Å². The van der Waals surface area contributed by atoms with E-state index in [9.17, 15) is 8.78 Å². The molecule has 0 atom stereocenters. The number of para-hydroxylation sites is 2. The first kappa shape index (κ1) is 14.3. The summed E-state index contributed by atoms with van der Waals surface area (Å²) in [4.78, 5) is 0. The van der Waals surface area contributed by atoms with Crippen LogP contribution in [0.5, 0.6) is 23.1 Å². The van der Waals surface area contributed by atoms with Crippen LogP contribution in [0.2, 0.25) is 0 Å². The second-order valence-electron chi connectivity index (χ2n) is 5.09. The molecule has 6 heteroatoms. The number of rotatable bonds is 2. The number of fused-ring (bicyclic) bond motifs is 2. The maximum atomic E-state index is 13.6. The van der Waals surface area contributed by atoms with Crippen molar-refractivity contribution in [2.45, 2.75) is 0 Å². The van der Waals surface area contributed by atoms with Gasteiger partial charge in [0.1, 0.15) is 11.6 Å². The van der Waals surface area contributed by atoms with Crippen LogP contribution in [-0.4, -0.2) is 10.2 Å². The lowest BCUT2D eigenvalue weighted by Crippen LogP contribution is -2.02. The fraction of sp³-hybridized carbons (Fsp3) is 0. The van der Waals surface area contributed by atoms with Gasteiger partial charge in [-0.15, -0.1) is 10.2 Å². The van der Waals surface area contributed by atoms with Gasteiger partial charge in [0, 0.05) is 17.7 Å². The monoisotopic (exact) mass is 324 g/mol. The summed E-state index contributed by atoms with van der Waals surface area (Å²) in [6, 6.07) is 12.2. The van der Waals surface area contributed by atoms with Crippen molar-refractivity contribution < 1.29 is 18.3 Å². The molecule has 0 N–H and O–H groups in total. The second kappa shape index (κ2) is 5.73. The van der Waals surface area contributed by atoms with E-state index in [4.69, 9.17) is 9.47 Å². The van der Waals surface area contributed by atoms with Gasteiger partial charge in [-0.05, 0) is 36.4 Å². The molecule has 0 radical (unpaired) electrons. The highest BCUT2D eigenvalue weighted by molar-refractivity contribution is 5.69. The Hall–Kier alpha value is -3.28. The fourth-order valence-electron chi connectivity index (χ4n) is 2.26. The molecular weight excluding hydrogens is 314 g/mol. The van der Waals surface area contributed by atoms with Gasteiger partial charge in [0.15, 0.2) is 17.2 Å². The maximum absolute atomic E-state index is 13.6. The van der Waals surface area contributed by atoms with E-state index in [0.717, 1.165) is 6.07 Å². The predicted molar refractivity (Wildman–Crippen MR) is 83.9 cm³/mol. The van der Waals surface area contributed by atoms with Crippen LogP contribution in [0.4, 0.5) is 8.78 Å². The van der Waals surface area contributed by atoms with E-state index in [-0.39, 0.29) is 11.4 Å². The smallest absolute Gasteiger partial charge is 0.282 e. The number of nitrogens with zero attached hydrogens (tertiary/aromatic N) is 2. The molecule has 4 nitrogen and oxygen atoms in total.